The fourth-order valence-corrected chi connectivity index (χ4v) is 4.46. The van der Waals surface area contributed by atoms with Crippen molar-refractivity contribution in [2.45, 2.75) is 37.9 Å². The van der Waals surface area contributed by atoms with Crippen LogP contribution < -0.4 is 10.6 Å². The van der Waals surface area contributed by atoms with Crippen LogP contribution in [0.2, 0.25) is 5.02 Å². The smallest absolute Gasteiger partial charge is 0.386 e. The molecule has 2 aromatic carbocycles. The zero-order chi connectivity index (χ0) is 24.3. The molecule has 1 aliphatic heterocycles. The molecule has 2 aliphatic rings. The summed E-state index contributed by atoms with van der Waals surface area (Å²) in [6.07, 6.45) is 0.679. The van der Waals surface area contributed by atoms with E-state index in [1.54, 1.807) is 12.1 Å². The molecule has 180 valence electrons. The molecule has 9 heteroatoms. The second-order valence-corrected chi connectivity index (χ2v) is 9.05. The van der Waals surface area contributed by atoms with E-state index < -0.39 is 17.6 Å². The molecule has 0 radical (unpaired) electrons. The number of hydrogen-bond acceptors (Lipinski definition) is 3. The van der Waals surface area contributed by atoms with Gasteiger partial charge in [0.05, 0.1) is 28.4 Å². The maximum atomic E-state index is 13.1. The summed E-state index contributed by atoms with van der Waals surface area (Å²) in [5, 5.41) is 6.26. The van der Waals surface area contributed by atoms with Crippen molar-refractivity contribution >= 4 is 23.2 Å². The van der Waals surface area contributed by atoms with Gasteiger partial charge in [-0.3, -0.25) is 9.79 Å². The quantitative estimate of drug-likeness (QED) is 0.502. The Morgan fingerprint density at radius 2 is 1.76 bits per heavy atom. The van der Waals surface area contributed by atoms with Crippen LogP contribution in [0, 0.1) is 11.7 Å². The number of hydrogen-bond donors (Lipinski definition) is 2. The van der Waals surface area contributed by atoms with Gasteiger partial charge in [-0.05, 0) is 85.7 Å². The Hall–Kier alpha value is -2.87. The number of allylic oxidation sites excluding steroid dienone is 1. The van der Waals surface area contributed by atoms with Crippen LogP contribution in [0.4, 0.5) is 17.6 Å². The number of nitrogens with one attached hydrogen (secondary N) is 2. The number of amides is 1. The highest BCUT2D eigenvalue weighted by molar-refractivity contribution is 6.33. The third kappa shape index (κ3) is 5.97. The van der Waals surface area contributed by atoms with E-state index in [9.17, 15) is 22.4 Å². The molecule has 4 rings (SSSR count). The number of benzene rings is 2. The van der Waals surface area contributed by atoms with E-state index in [0.29, 0.717) is 12.5 Å². The number of halogens is 5. The summed E-state index contributed by atoms with van der Waals surface area (Å²) in [6.45, 7) is 1.33. The molecule has 0 saturated heterocycles. The summed E-state index contributed by atoms with van der Waals surface area (Å²) >= 11 is 5.97. The van der Waals surface area contributed by atoms with Gasteiger partial charge < -0.3 is 10.6 Å². The zero-order valence-corrected chi connectivity index (χ0v) is 19.0. The summed E-state index contributed by atoms with van der Waals surface area (Å²) in [7, 11) is 0. The normalized spacial score (nSPS) is 20.5. The molecule has 2 aromatic rings. The molecule has 1 amide bonds. The summed E-state index contributed by atoms with van der Waals surface area (Å²) in [6, 6.07) is 8.89. The van der Waals surface area contributed by atoms with Crippen LogP contribution in [-0.4, -0.2) is 30.8 Å². The van der Waals surface area contributed by atoms with Gasteiger partial charge in [0.2, 0.25) is 0 Å². The van der Waals surface area contributed by atoms with Gasteiger partial charge in [-0.25, -0.2) is 4.39 Å². The lowest BCUT2D eigenvalue weighted by molar-refractivity contribution is -0.137. The van der Waals surface area contributed by atoms with Gasteiger partial charge in [-0.15, -0.1) is 0 Å². The number of rotatable bonds is 6. The van der Waals surface area contributed by atoms with Crippen LogP contribution >= 0.6 is 11.6 Å². The van der Waals surface area contributed by atoms with Crippen molar-refractivity contribution in [3.05, 3.63) is 81.8 Å². The number of carbonyl (C=O) groups is 1. The lowest BCUT2D eigenvalue weighted by atomic mass is 9.86. The minimum Gasteiger partial charge on any atom is -0.386 e. The van der Waals surface area contributed by atoms with Crippen molar-refractivity contribution in [2.24, 2.45) is 10.9 Å². The molecular weight excluding hydrogens is 470 g/mol. The highest BCUT2D eigenvalue weighted by atomic mass is 35.5. The van der Waals surface area contributed by atoms with Crippen LogP contribution in [-0.2, 0) is 6.18 Å². The first-order valence-corrected chi connectivity index (χ1v) is 11.5. The van der Waals surface area contributed by atoms with Crippen LogP contribution in [0.15, 0.2) is 59.2 Å². The number of aliphatic imine (C=N–C) groups is 1. The van der Waals surface area contributed by atoms with Gasteiger partial charge in [-0.1, -0.05) is 11.6 Å². The summed E-state index contributed by atoms with van der Waals surface area (Å²) in [5.41, 5.74) is 1.64. The number of alkyl halides is 3. The van der Waals surface area contributed by atoms with Gasteiger partial charge in [0.1, 0.15) is 5.82 Å². The van der Waals surface area contributed by atoms with Gasteiger partial charge in [0.25, 0.3) is 5.91 Å². The molecule has 1 heterocycles. The van der Waals surface area contributed by atoms with E-state index in [-0.39, 0.29) is 22.4 Å². The Morgan fingerprint density at radius 1 is 1.06 bits per heavy atom. The lowest BCUT2D eigenvalue weighted by Crippen LogP contribution is -2.39. The first-order valence-electron chi connectivity index (χ1n) is 11.1. The van der Waals surface area contributed by atoms with Crippen LogP contribution in [0.3, 0.4) is 0 Å². The molecule has 1 fully saturated rings. The van der Waals surface area contributed by atoms with Crippen LogP contribution in [0.1, 0.15) is 47.2 Å². The number of nitrogens with zero attached hydrogens (tertiary/aromatic N) is 1. The Morgan fingerprint density at radius 3 is 2.44 bits per heavy atom. The van der Waals surface area contributed by atoms with E-state index in [1.165, 1.54) is 12.1 Å². The molecule has 34 heavy (non-hydrogen) atoms. The maximum absolute atomic E-state index is 13.1. The third-order valence-electron chi connectivity index (χ3n) is 6.21. The molecule has 1 aliphatic carbocycles. The predicted molar refractivity (Wildman–Crippen MR) is 124 cm³/mol. The van der Waals surface area contributed by atoms with Gasteiger partial charge >= 0.3 is 6.18 Å². The standard InChI is InChI=1S/C25H24ClF4N3O/c26-22-10-5-17(25(28,29)30)11-21(22)24(34)33-19-8-1-15(2-9-19)13-31-20-12-23(32-14-20)16-3-6-18(27)7-4-16/h3-7,10-12,15,19,31H,1-2,8-9,13-14H2,(H,33,34). The van der Waals surface area contributed by atoms with Crippen molar-refractivity contribution in [2.75, 3.05) is 13.1 Å². The molecule has 0 aromatic heterocycles. The van der Waals surface area contributed by atoms with Crippen molar-refractivity contribution < 1.29 is 22.4 Å². The van der Waals surface area contributed by atoms with Crippen molar-refractivity contribution in [3.63, 3.8) is 0 Å². The van der Waals surface area contributed by atoms with Gasteiger partial charge in [0.15, 0.2) is 0 Å². The Labute approximate surface area is 200 Å². The van der Waals surface area contributed by atoms with Crippen molar-refractivity contribution in [1.82, 2.24) is 10.6 Å². The fraction of sp³-hybridized carbons (Fsp3) is 0.360. The maximum Gasteiger partial charge on any atom is 0.416 e. The summed E-state index contributed by atoms with van der Waals surface area (Å²) < 4.78 is 52.0. The average molecular weight is 494 g/mol. The third-order valence-corrected chi connectivity index (χ3v) is 6.54. The molecule has 0 spiro atoms. The first kappa shape index (κ1) is 24.3. The monoisotopic (exact) mass is 493 g/mol. The van der Waals surface area contributed by atoms with E-state index >= 15 is 0 Å². The SMILES string of the molecule is O=C(NC1CCC(CNC2=CC(c3ccc(F)cc3)=NC2)CC1)c1cc(C(F)(F)F)ccc1Cl. The Kier molecular flexibility index (Phi) is 7.26. The molecule has 1 saturated carbocycles. The first-order chi connectivity index (χ1) is 16.2. The van der Waals surface area contributed by atoms with Crippen molar-refractivity contribution in [1.29, 1.82) is 0 Å². The highest BCUT2D eigenvalue weighted by Gasteiger charge is 2.32. The minimum absolute atomic E-state index is 0.00421. The highest BCUT2D eigenvalue weighted by Crippen LogP contribution is 2.32. The van der Waals surface area contributed by atoms with E-state index in [1.807, 2.05) is 6.08 Å². The molecule has 0 unspecified atom stereocenters. The zero-order valence-electron chi connectivity index (χ0n) is 18.3. The molecule has 2 N–H and O–H groups in total. The van der Waals surface area contributed by atoms with Gasteiger partial charge in [0, 0.05) is 18.3 Å². The van der Waals surface area contributed by atoms with Gasteiger partial charge in [-0.2, -0.15) is 13.2 Å². The second-order valence-electron chi connectivity index (χ2n) is 8.64. The predicted octanol–water partition coefficient (Wildman–Crippen LogP) is 5.76. The van der Waals surface area contributed by atoms with E-state index in [0.717, 1.165) is 67.4 Å². The molecular formula is C25H24ClF4N3O. The van der Waals surface area contributed by atoms with Crippen molar-refractivity contribution in [3.8, 4) is 0 Å². The minimum atomic E-state index is -4.54. The average Bonchev–Trinajstić information content (AvgIpc) is 3.27. The largest absolute Gasteiger partial charge is 0.416 e. The van der Waals surface area contributed by atoms with E-state index in [4.69, 9.17) is 11.6 Å². The second kappa shape index (κ2) is 10.2. The van der Waals surface area contributed by atoms with Crippen LogP contribution in [0.25, 0.3) is 0 Å². The Balaban J connectivity index is 1.24. The fourth-order valence-electron chi connectivity index (χ4n) is 4.25. The van der Waals surface area contributed by atoms with E-state index in [2.05, 4.69) is 15.6 Å². The van der Waals surface area contributed by atoms with Crippen LogP contribution in [0.5, 0.6) is 0 Å². The molecule has 0 atom stereocenters. The summed E-state index contributed by atoms with van der Waals surface area (Å²) in [4.78, 5) is 17.0. The number of carbonyl (C=O) groups excluding carboxylic acids is 1. The lowest BCUT2D eigenvalue weighted by Gasteiger charge is -2.29. The molecule has 0 bridgehead atoms. The topological polar surface area (TPSA) is 53.5 Å². The Bertz CT molecular complexity index is 1100. The summed E-state index contributed by atoms with van der Waals surface area (Å²) in [5.74, 6) is -0.449. The molecule has 4 nitrogen and oxygen atoms in total.